The Bertz CT molecular complexity index is 906. The SMILES string of the molecule is CNS(=O)(=O)c1cc(C(=O)NCC2(c3ccccc3)CC2)ccc1OC. The topological polar surface area (TPSA) is 84.5 Å². The van der Waals surface area contributed by atoms with Gasteiger partial charge in [0.1, 0.15) is 10.6 Å². The Hall–Kier alpha value is -2.38. The number of rotatable bonds is 7. The monoisotopic (exact) mass is 374 g/mol. The summed E-state index contributed by atoms with van der Waals surface area (Å²) in [4.78, 5) is 12.5. The summed E-state index contributed by atoms with van der Waals surface area (Å²) in [5.74, 6) is -0.110. The van der Waals surface area contributed by atoms with Crippen LogP contribution in [0.1, 0.15) is 28.8 Å². The second-order valence-corrected chi connectivity index (χ2v) is 8.26. The van der Waals surface area contributed by atoms with Crippen LogP contribution >= 0.6 is 0 Å². The van der Waals surface area contributed by atoms with Gasteiger partial charge in [-0.05, 0) is 43.7 Å². The van der Waals surface area contributed by atoms with Crippen molar-refractivity contribution in [1.82, 2.24) is 10.0 Å². The zero-order valence-electron chi connectivity index (χ0n) is 14.8. The van der Waals surface area contributed by atoms with E-state index >= 15 is 0 Å². The van der Waals surface area contributed by atoms with Crippen LogP contribution in [0, 0.1) is 0 Å². The van der Waals surface area contributed by atoms with Crippen molar-refractivity contribution >= 4 is 15.9 Å². The summed E-state index contributed by atoms with van der Waals surface area (Å²) in [5, 5.41) is 2.94. The van der Waals surface area contributed by atoms with Gasteiger partial charge in [0, 0.05) is 17.5 Å². The molecule has 2 aromatic carbocycles. The van der Waals surface area contributed by atoms with Gasteiger partial charge in [0.25, 0.3) is 5.91 Å². The molecule has 2 aromatic rings. The fraction of sp³-hybridized carbons (Fsp3) is 0.316. The van der Waals surface area contributed by atoms with E-state index in [4.69, 9.17) is 4.74 Å². The molecule has 138 valence electrons. The average Bonchev–Trinajstić information content (AvgIpc) is 3.47. The molecule has 26 heavy (non-hydrogen) atoms. The van der Waals surface area contributed by atoms with Crippen LogP contribution in [0.4, 0.5) is 0 Å². The molecule has 1 fully saturated rings. The molecule has 7 heteroatoms. The first-order chi connectivity index (χ1) is 12.4. The molecule has 0 spiro atoms. The van der Waals surface area contributed by atoms with Gasteiger partial charge in [0.2, 0.25) is 10.0 Å². The Balaban J connectivity index is 1.78. The Morgan fingerprint density at radius 2 is 1.85 bits per heavy atom. The molecule has 2 N–H and O–H groups in total. The molecule has 0 bridgehead atoms. The van der Waals surface area contributed by atoms with Crippen molar-refractivity contribution in [2.45, 2.75) is 23.2 Å². The van der Waals surface area contributed by atoms with Crippen LogP contribution in [-0.2, 0) is 15.4 Å². The third-order valence-corrected chi connectivity index (χ3v) is 6.25. The van der Waals surface area contributed by atoms with Crippen LogP contribution in [0.15, 0.2) is 53.4 Å². The summed E-state index contributed by atoms with van der Waals surface area (Å²) < 4.78 is 31.6. The molecule has 0 aliphatic heterocycles. The zero-order valence-corrected chi connectivity index (χ0v) is 15.6. The normalized spacial score (nSPS) is 15.3. The lowest BCUT2D eigenvalue weighted by molar-refractivity contribution is 0.0949. The van der Waals surface area contributed by atoms with E-state index < -0.39 is 10.0 Å². The summed E-state index contributed by atoms with van der Waals surface area (Å²) in [6.45, 7) is 0.524. The van der Waals surface area contributed by atoms with Gasteiger partial charge in [-0.15, -0.1) is 0 Å². The first-order valence-electron chi connectivity index (χ1n) is 8.37. The third kappa shape index (κ3) is 3.59. The van der Waals surface area contributed by atoms with Gasteiger partial charge >= 0.3 is 0 Å². The van der Waals surface area contributed by atoms with Crippen LogP contribution in [-0.4, -0.2) is 35.0 Å². The highest BCUT2D eigenvalue weighted by molar-refractivity contribution is 7.89. The lowest BCUT2D eigenvalue weighted by Gasteiger charge is -2.17. The van der Waals surface area contributed by atoms with E-state index in [0.717, 1.165) is 12.8 Å². The van der Waals surface area contributed by atoms with E-state index in [1.165, 1.54) is 31.9 Å². The van der Waals surface area contributed by atoms with E-state index in [0.29, 0.717) is 6.54 Å². The Labute approximate surface area is 153 Å². The van der Waals surface area contributed by atoms with Crippen molar-refractivity contribution in [2.75, 3.05) is 20.7 Å². The number of benzene rings is 2. The molecule has 1 saturated carbocycles. The number of hydrogen-bond donors (Lipinski definition) is 2. The number of carbonyl (C=O) groups excluding carboxylic acids is 1. The second-order valence-electron chi connectivity index (χ2n) is 6.40. The van der Waals surface area contributed by atoms with Crippen molar-refractivity contribution in [2.24, 2.45) is 0 Å². The largest absolute Gasteiger partial charge is 0.495 e. The molecule has 0 saturated heterocycles. The predicted octanol–water partition coefficient (Wildman–Crippen LogP) is 2.06. The van der Waals surface area contributed by atoms with Gasteiger partial charge in [-0.2, -0.15) is 0 Å². The van der Waals surface area contributed by atoms with Crippen molar-refractivity contribution in [3.8, 4) is 5.75 Å². The number of sulfonamides is 1. The van der Waals surface area contributed by atoms with E-state index in [2.05, 4.69) is 22.2 Å². The molecule has 1 aliphatic carbocycles. The van der Waals surface area contributed by atoms with E-state index in [9.17, 15) is 13.2 Å². The number of amides is 1. The molecule has 0 heterocycles. The molecular formula is C19H22N2O4S. The molecule has 0 radical (unpaired) electrons. The smallest absolute Gasteiger partial charge is 0.251 e. The standard InChI is InChI=1S/C19H22N2O4S/c1-20-26(23,24)17-12-14(8-9-16(17)25-2)18(22)21-13-19(10-11-19)15-6-4-3-5-7-15/h3-9,12,20H,10-11,13H2,1-2H3,(H,21,22). The third-order valence-electron chi connectivity index (χ3n) is 4.81. The summed E-state index contributed by atoms with van der Waals surface area (Å²) in [5.41, 5.74) is 1.49. The van der Waals surface area contributed by atoms with Crippen LogP contribution in [0.3, 0.4) is 0 Å². The minimum atomic E-state index is -3.73. The van der Waals surface area contributed by atoms with Crippen molar-refractivity contribution in [3.63, 3.8) is 0 Å². The lowest BCUT2D eigenvalue weighted by atomic mass is 9.96. The number of hydrogen-bond acceptors (Lipinski definition) is 4. The Morgan fingerprint density at radius 1 is 1.15 bits per heavy atom. The van der Waals surface area contributed by atoms with Crippen LogP contribution in [0.2, 0.25) is 0 Å². The molecule has 0 unspecified atom stereocenters. The maximum absolute atomic E-state index is 12.6. The fourth-order valence-electron chi connectivity index (χ4n) is 3.00. The molecule has 1 aliphatic rings. The maximum atomic E-state index is 12.6. The minimum absolute atomic E-state index is 0.0106. The van der Waals surface area contributed by atoms with E-state index in [-0.39, 0.29) is 27.5 Å². The summed E-state index contributed by atoms with van der Waals surface area (Å²) >= 11 is 0. The highest BCUT2D eigenvalue weighted by Gasteiger charge is 2.44. The maximum Gasteiger partial charge on any atom is 0.251 e. The average molecular weight is 374 g/mol. The lowest BCUT2D eigenvalue weighted by Crippen LogP contribution is -2.32. The first-order valence-corrected chi connectivity index (χ1v) is 9.85. The second kappa shape index (κ2) is 7.09. The summed E-state index contributed by atoms with van der Waals surface area (Å²) in [6, 6.07) is 14.5. The number of ether oxygens (including phenoxy) is 1. The molecule has 0 aromatic heterocycles. The molecule has 1 amide bonds. The number of carbonyl (C=O) groups is 1. The highest BCUT2D eigenvalue weighted by Crippen LogP contribution is 2.47. The Morgan fingerprint density at radius 3 is 2.42 bits per heavy atom. The van der Waals surface area contributed by atoms with Gasteiger partial charge in [0.05, 0.1) is 7.11 Å². The predicted molar refractivity (Wildman–Crippen MR) is 98.9 cm³/mol. The first kappa shape index (κ1) is 18.4. The Kier molecular flexibility index (Phi) is 5.02. The molecule has 0 atom stereocenters. The number of nitrogens with one attached hydrogen (secondary N) is 2. The van der Waals surface area contributed by atoms with Gasteiger partial charge in [-0.25, -0.2) is 13.1 Å². The van der Waals surface area contributed by atoms with Crippen LogP contribution in [0.5, 0.6) is 5.75 Å². The van der Waals surface area contributed by atoms with Gasteiger partial charge in [-0.1, -0.05) is 30.3 Å². The summed E-state index contributed by atoms with van der Waals surface area (Å²) in [7, 11) is -1.02. The fourth-order valence-corrected chi connectivity index (χ4v) is 3.92. The number of methoxy groups -OCH3 is 1. The van der Waals surface area contributed by atoms with Crippen molar-refractivity contribution in [1.29, 1.82) is 0 Å². The van der Waals surface area contributed by atoms with Crippen LogP contribution in [0.25, 0.3) is 0 Å². The quantitative estimate of drug-likeness (QED) is 0.777. The van der Waals surface area contributed by atoms with Crippen LogP contribution < -0.4 is 14.8 Å². The minimum Gasteiger partial charge on any atom is -0.495 e. The molecule has 6 nitrogen and oxygen atoms in total. The molecule has 3 rings (SSSR count). The van der Waals surface area contributed by atoms with E-state index in [1.54, 1.807) is 6.07 Å². The van der Waals surface area contributed by atoms with Gasteiger partial charge in [0.15, 0.2) is 0 Å². The van der Waals surface area contributed by atoms with Gasteiger partial charge < -0.3 is 10.1 Å². The zero-order chi connectivity index (χ0) is 18.8. The van der Waals surface area contributed by atoms with Crippen molar-refractivity contribution in [3.05, 3.63) is 59.7 Å². The van der Waals surface area contributed by atoms with E-state index in [1.807, 2.05) is 18.2 Å². The highest BCUT2D eigenvalue weighted by atomic mass is 32.2. The van der Waals surface area contributed by atoms with Gasteiger partial charge in [-0.3, -0.25) is 4.79 Å². The summed E-state index contributed by atoms with van der Waals surface area (Å²) in [6.07, 6.45) is 2.05. The van der Waals surface area contributed by atoms with Crippen molar-refractivity contribution < 1.29 is 17.9 Å². The molecular weight excluding hydrogens is 352 g/mol.